The van der Waals surface area contributed by atoms with Crippen LogP contribution in [0.1, 0.15) is 5.56 Å². The Balaban J connectivity index is 1.77. The van der Waals surface area contributed by atoms with Gasteiger partial charge in [-0.15, -0.1) is 0 Å². The number of hydrogen-bond donors (Lipinski definition) is 3. The molecule has 8 nitrogen and oxygen atoms in total. The number of nitrogens with one attached hydrogen (secondary N) is 2. The van der Waals surface area contributed by atoms with Gasteiger partial charge in [-0.2, -0.15) is 4.72 Å². The minimum Gasteiger partial charge on any atom is -0.491 e. The number of rotatable bonds is 10. The number of carbonyl (C=O) groups excluding carboxylic acids is 1. The number of carboxylic acid groups (broad SMARTS) is 1. The van der Waals surface area contributed by atoms with Gasteiger partial charge >= 0.3 is 5.97 Å². The SMILES string of the molecule is O=C(O)Cc1ccc(NC(=O)C(COc2ccccc2)NS(=O)(=O)c2ccc(F)cc2)cc1. The first-order valence-corrected chi connectivity index (χ1v) is 11.3. The van der Waals surface area contributed by atoms with Crippen LogP contribution in [-0.2, 0) is 26.0 Å². The summed E-state index contributed by atoms with van der Waals surface area (Å²) in [6.07, 6.45) is -0.167. The fraction of sp³-hybridized carbons (Fsp3) is 0.130. The number of halogens is 1. The number of carbonyl (C=O) groups is 2. The zero-order valence-electron chi connectivity index (χ0n) is 17.3. The van der Waals surface area contributed by atoms with Crippen molar-refractivity contribution in [3.63, 3.8) is 0 Å². The highest BCUT2D eigenvalue weighted by Crippen LogP contribution is 2.15. The summed E-state index contributed by atoms with van der Waals surface area (Å²) in [5.74, 6) is -1.83. The van der Waals surface area contributed by atoms with Crippen LogP contribution >= 0.6 is 0 Å². The summed E-state index contributed by atoms with van der Waals surface area (Å²) >= 11 is 0. The molecule has 3 aromatic rings. The second-order valence-electron chi connectivity index (χ2n) is 7.01. The molecule has 0 bridgehead atoms. The number of anilines is 1. The number of amides is 1. The predicted molar refractivity (Wildman–Crippen MR) is 119 cm³/mol. The van der Waals surface area contributed by atoms with Gasteiger partial charge in [0.25, 0.3) is 0 Å². The third-order valence-corrected chi connectivity index (χ3v) is 5.96. The van der Waals surface area contributed by atoms with Gasteiger partial charge < -0.3 is 15.2 Å². The maximum atomic E-state index is 13.2. The molecule has 0 aliphatic heterocycles. The Labute approximate surface area is 190 Å². The third kappa shape index (κ3) is 7.13. The predicted octanol–water partition coefficient (Wildman–Crippen LogP) is 2.82. The molecule has 0 heterocycles. The molecule has 3 rings (SSSR count). The molecule has 0 aliphatic rings. The van der Waals surface area contributed by atoms with E-state index in [9.17, 15) is 22.4 Å². The van der Waals surface area contributed by atoms with E-state index in [1.807, 2.05) is 0 Å². The maximum absolute atomic E-state index is 13.2. The lowest BCUT2D eigenvalue weighted by molar-refractivity contribution is -0.136. The molecule has 0 radical (unpaired) electrons. The molecule has 0 aliphatic carbocycles. The van der Waals surface area contributed by atoms with Crippen molar-refractivity contribution < 1.29 is 32.2 Å². The van der Waals surface area contributed by atoms with Gasteiger partial charge in [0.2, 0.25) is 15.9 Å². The summed E-state index contributed by atoms with van der Waals surface area (Å²) in [4.78, 5) is 23.5. The Morgan fingerprint density at radius 3 is 2.18 bits per heavy atom. The molecule has 0 saturated heterocycles. The molecule has 10 heteroatoms. The van der Waals surface area contributed by atoms with Crippen molar-refractivity contribution in [2.75, 3.05) is 11.9 Å². The highest BCUT2D eigenvalue weighted by molar-refractivity contribution is 7.89. The van der Waals surface area contributed by atoms with Gasteiger partial charge in [0.15, 0.2) is 0 Å². The van der Waals surface area contributed by atoms with Crippen LogP contribution in [0.3, 0.4) is 0 Å². The summed E-state index contributed by atoms with van der Waals surface area (Å²) in [5.41, 5.74) is 0.890. The van der Waals surface area contributed by atoms with E-state index in [2.05, 4.69) is 10.0 Å². The van der Waals surface area contributed by atoms with Gasteiger partial charge in [-0.25, -0.2) is 12.8 Å². The number of hydrogen-bond acceptors (Lipinski definition) is 5. The highest BCUT2D eigenvalue weighted by atomic mass is 32.2. The summed E-state index contributed by atoms with van der Waals surface area (Å²) in [7, 11) is -4.16. The Morgan fingerprint density at radius 1 is 0.939 bits per heavy atom. The Morgan fingerprint density at radius 2 is 1.58 bits per heavy atom. The molecular formula is C23H21FN2O6S. The number of sulfonamides is 1. The van der Waals surface area contributed by atoms with Crippen molar-refractivity contribution in [1.29, 1.82) is 0 Å². The first kappa shape index (κ1) is 23.9. The Hall–Kier alpha value is -3.76. The smallest absolute Gasteiger partial charge is 0.307 e. The zero-order chi connectivity index (χ0) is 23.8. The molecule has 3 aromatic carbocycles. The van der Waals surface area contributed by atoms with Crippen LogP contribution in [0.25, 0.3) is 0 Å². The van der Waals surface area contributed by atoms with E-state index in [0.717, 1.165) is 24.3 Å². The van der Waals surface area contributed by atoms with Gasteiger partial charge in [0.05, 0.1) is 11.3 Å². The van der Waals surface area contributed by atoms with Crippen molar-refractivity contribution in [2.24, 2.45) is 0 Å². The highest BCUT2D eigenvalue weighted by Gasteiger charge is 2.27. The molecule has 172 valence electrons. The molecule has 0 aromatic heterocycles. The van der Waals surface area contributed by atoms with E-state index < -0.39 is 33.8 Å². The molecule has 33 heavy (non-hydrogen) atoms. The molecular weight excluding hydrogens is 451 g/mol. The van der Waals surface area contributed by atoms with Crippen LogP contribution in [0, 0.1) is 5.82 Å². The number of para-hydroxylation sites is 1. The molecule has 0 saturated carbocycles. The standard InChI is InChI=1S/C23H21FN2O6S/c24-17-8-12-20(13-9-17)33(30,31)26-21(15-32-19-4-2-1-3-5-19)23(29)25-18-10-6-16(7-11-18)14-22(27)28/h1-13,21,26H,14-15H2,(H,25,29)(H,27,28). The van der Waals surface area contributed by atoms with E-state index in [0.29, 0.717) is 17.0 Å². The van der Waals surface area contributed by atoms with Gasteiger partial charge in [0, 0.05) is 5.69 Å². The lowest BCUT2D eigenvalue weighted by Crippen LogP contribution is -2.47. The number of ether oxygens (including phenoxy) is 1. The van der Waals surface area contributed by atoms with Crippen LogP contribution in [0.4, 0.5) is 10.1 Å². The topological polar surface area (TPSA) is 122 Å². The lowest BCUT2D eigenvalue weighted by atomic mass is 10.1. The van der Waals surface area contributed by atoms with Crippen molar-refractivity contribution in [1.82, 2.24) is 4.72 Å². The van der Waals surface area contributed by atoms with Gasteiger partial charge in [-0.3, -0.25) is 9.59 Å². The number of aliphatic carboxylic acids is 1. The third-order valence-electron chi connectivity index (χ3n) is 4.47. The summed E-state index contributed by atoms with van der Waals surface area (Å²) in [5, 5.41) is 11.4. The molecule has 1 unspecified atom stereocenters. The monoisotopic (exact) mass is 472 g/mol. The van der Waals surface area contributed by atoms with Crippen molar-refractivity contribution in [3.8, 4) is 5.75 Å². The average Bonchev–Trinajstić information content (AvgIpc) is 2.78. The normalized spacial score (nSPS) is 12.0. The van der Waals surface area contributed by atoms with Crippen molar-refractivity contribution in [2.45, 2.75) is 17.4 Å². The maximum Gasteiger partial charge on any atom is 0.307 e. The van der Waals surface area contributed by atoms with E-state index in [1.165, 1.54) is 12.1 Å². The minimum atomic E-state index is -4.16. The van der Waals surface area contributed by atoms with Gasteiger partial charge in [-0.05, 0) is 54.1 Å². The van der Waals surface area contributed by atoms with Crippen LogP contribution in [0.2, 0.25) is 0 Å². The van der Waals surface area contributed by atoms with Crippen LogP contribution in [-0.4, -0.2) is 38.0 Å². The lowest BCUT2D eigenvalue weighted by Gasteiger charge is -2.19. The number of benzene rings is 3. The number of carboxylic acids is 1. The van der Waals surface area contributed by atoms with E-state index in [1.54, 1.807) is 42.5 Å². The van der Waals surface area contributed by atoms with E-state index in [4.69, 9.17) is 9.84 Å². The van der Waals surface area contributed by atoms with Crippen molar-refractivity contribution in [3.05, 3.63) is 90.2 Å². The van der Waals surface area contributed by atoms with Crippen LogP contribution < -0.4 is 14.8 Å². The van der Waals surface area contributed by atoms with E-state index in [-0.39, 0.29) is 17.9 Å². The first-order valence-electron chi connectivity index (χ1n) is 9.80. The molecule has 0 spiro atoms. The van der Waals surface area contributed by atoms with Crippen molar-refractivity contribution >= 4 is 27.6 Å². The molecule has 1 amide bonds. The Bertz CT molecular complexity index is 1200. The summed E-state index contributed by atoms with van der Waals surface area (Å²) in [6.45, 7) is -0.312. The fourth-order valence-electron chi connectivity index (χ4n) is 2.84. The van der Waals surface area contributed by atoms with Crippen LogP contribution in [0.15, 0.2) is 83.8 Å². The molecule has 1 atom stereocenters. The van der Waals surface area contributed by atoms with Gasteiger partial charge in [0.1, 0.15) is 24.2 Å². The Kier molecular flexibility index (Phi) is 7.75. The fourth-order valence-corrected chi connectivity index (χ4v) is 4.02. The quantitative estimate of drug-likeness (QED) is 0.417. The second-order valence-corrected chi connectivity index (χ2v) is 8.72. The second kappa shape index (κ2) is 10.7. The summed E-state index contributed by atoms with van der Waals surface area (Å²) in [6, 6.07) is 17.5. The average molecular weight is 472 g/mol. The first-order chi connectivity index (χ1) is 15.7. The van der Waals surface area contributed by atoms with Gasteiger partial charge in [-0.1, -0.05) is 30.3 Å². The summed E-state index contributed by atoms with van der Waals surface area (Å²) < 4.78 is 46.5. The zero-order valence-corrected chi connectivity index (χ0v) is 18.1. The molecule has 3 N–H and O–H groups in total. The van der Waals surface area contributed by atoms with Crippen LogP contribution in [0.5, 0.6) is 5.75 Å². The largest absolute Gasteiger partial charge is 0.491 e. The van der Waals surface area contributed by atoms with E-state index >= 15 is 0 Å². The molecule has 0 fully saturated rings. The minimum absolute atomic E-state index is 0.167.